The zero-order chi connectivity index (χ0) is 16.0. The van der Waals surface area contributed by atoms with Gasteiger partial charge < -0.3 is 19.6 Å². The Kier molecular flexibility index (Phi) is 6.65. The molecule has 0 bridgehead atoms. The standard InChI is InChI=1S/C13H27N4O4P/c1-3-15(4-2)13(14-18)22(19,16-5-9-20-10-6-16)17-7-11-21-12-8-17/h18H,3-12H2,1-2H3. The molecule has 0 atom stereocenters. The predicted molar refractivity (Wildman–Crippen MR) is 84.5 cm³/mol. The molecule has 0 amide bonds. The van der Waals surface area contributed by atoms with Crippen LogP contribution in [-0.2, 0) is 14.0 Å². The summed E-state index contributed by atoms with van der Waals surface area (Å²) < 4.78 is 28.6. The van der Waals surface area contributed by atoms with E-state index in [-0.39, 0.29) is 5.58 Å². The third-order valence-corrected chi connectivity index (χ3v) is 7.36. The van der Waals surface area contributed by atoms with Crippen molar-refractivity contribution >= 4 is 13.0 Å². The van der Waals surface area contributed by atoms with Crippen LogP contribution in [0, 0.1) is 0 Å². The van der Waals surface area contributed by atoms with Gasteiger partial charge in [-0.3, -0.25) is 4.57 Å². The summed E-state index contributed by atoms with van der Waals surface area (Å²) in [5.74, 6) is 0. The van der Waals surface area contributed by atoms with E-state index in [4.69, 9.17) is 9.47 Å². The summed E-state index contributed by atoms with van der Waals surface area (Å²) in [7, 11) is -3.14. The van der Waals surface area contributed by atoms with Gasteiger partial charge in [0.1, 0.15) is 0 Å². The van der Waals surface area contributed by atoms with Crippen LogP contribution in [0.5, 0.6) is 0 Å². The molecule has 1 N–H and O–H groups in total. The lowest BCUT2D eigenvalue weighted by Crippen LogP contribution is -2.48. The molecular weight excluding hydrogens is 307 g/mol. The Hall–Kier alpha value is -0.660. The third-order valence-electron chi connectivity index (χ3n) is 4.14. The van der Waals surface area contributed by atoms with E-state index in [1.54, 1.807) is 0 Å². The van der Waals surface area contributed by atoms with Crippen molar-refractivity contribution in [2.45, 2.75) is 13.8 Å². The molecule has 0 saturated carbocycles. The third kappa shape index (κ3) is 3.46. The molecule has 2 rings (SSSR count). The number of nitrogens with zero attached hydrogens (tertiary/aromatic N) is 4. The molecule has 2 heterocycles. The second-order valence-electron chi connectivity index (χ2n) is 5.25. The van der Waals surface area contributed by atoms with Gasteiger partial charge in [-0.2, -0.15) is 0 Å². The monoisotopic (exact) mass is 334 g/mol. The molecule has 22 heavy (non-hydrogen) atoms. The Morgan fingerprint density at radius 1 is 1.05 bits per heavy atom. The lowest BCUT2D eigenvalue weighted by atomic mass is 10.5. The Bertz CT molecular complexity index is 396. The van der Waals surface area contributed by atoms with E-state index in [1.165, 1.54) is 0 Å². The highest BCUT2D eigenvalue weighted by atomic mass is 31.2. The summed E-state index contributed by atoms with van der Waals surface area (Å²) in [6, 6.07) is 0. The number of morpholine rings is 2. The topological polar surface area (TPSA) is 77.8 Å². The van der Waals surface area contributed by atoms with E-state index < -0.39 is 7.44 Å². The molecule has 0 aromatic rings. The molecule has 0 aromatic heterocycles. The SMILES string of the molecule is CCN(CC)C(=NO)P(=O)(N1CCOCC1)N1CCOCC1. The van der Waals surface area contributed by atoms with E-state index in [0.29, 0.717) is 65.7 Å². The van der Waals surface area contributed by atoms with Gasteiger partial charge in [-0.25, -0.2) is 9.34 Å². The van der Waals surface area contributed by atoms with E-state index in [0.717, 1.165) is 0 Å². The minimum atomic E-state index is -3.14. The predicted octanol–water partition coefficient (Wildman–Crippen LogP) is 0.931. The maximum absolute atomic E-state index is 14.0. The zero-order valence-electron chi connectivity index (χ0n) is 13.5. The molecule has 0 aromatic carbocycles. The minimum Gasteiger partial charge on any atom is -0.409 e. The Labute approximate surface area is 132 Å². The zero-order valence-corrected chi connectivity index (χ0v) is 14.4. The average Bonchev–Trinajstić information content (AvgIpc) is 2.60. The Morgan fingerprint density at radius 3 is 1.77 bits per heavy atom. The fraction of sp³-hybridized carbons (Fsp3) is 0.923. The summed E-state index contributed by atoms with van der Waals surface area (Å²) in [6.45, 7) is 9.74. The van der Waals surface area contributed by atoms with Gasteiger partial charge in [0, 0.05) is 39.3 Å². The maximum Gasteiger partial charge on any atom is 0.283 e. The minimum absolute atomic E-state index is 0.279. The van der Waals surface area contributed by atoms with Crippen LogP contribution in [0.1, 0.15) is 13.8 Å². The highest BCUT2D eigenvalue weighted by molar-refractivity contribution is 7.76. The number of amidine groups is 1. The van der Waals surface area contributed by atoms with E-state index in [2.05, 4.69) is 5.16 Å². The van der Waals surface area contributed by atoms with E-state index in [9.17, 15) is 9.77 Å². The van der Waals surface area contributed by atoms with Crippen molar-refractivity contribution in [2.75, 3.05) is 65.7 Å². The van der Waals surface area contributed by atoms with Gasteiger partial charge in [0.15, 0.2) is 0 Å². The van der Waals surface area contributed by atoms with Crippen LogP contribution < -0.4 is 0 Å². The normalized spacial score (nSPS) is 22.7. The molecule has 128 valence electrons. The highest BCUT2D eigenvalue weighted by Crippen LogP contribution is 2.55. The first kappa shape index (κ1) is 17.7. The van der Waals surface area contributed by atoms with Crippen molar-refractivity contribution in [1.82, 2.24) is 14.2 Å². The van der Waals surface area contributed by atoms with E-state index in [1.807, 2.05) is 28.1 Å². The van der Waals surface area contributed by atoms with Crippen molar-refractivity contribution < 1.29 is 19.2 Å². The second-order valence-corrected chi connectivity index (χ2v) is 7.87. The molecule has 2 aliphatic rings. The summed E-state index contributed by atoms with van der Waals surface area (Å²) >= 11 is 0. The molecule has 0 unspecified atom stereocenters. The second kappa shape index (κ2) is 8.26. The van der Waals surface area contributed by atoms with Gasteiger partial charge in [0.25, 0.3) is 7.44 Å². The van der Waals surface area contributed by atoms with Crippen molar-refractivity contribution in [3.05, 3.63) is 0 Å². The molecule has 8 nitrogen and oxygen atoms in total. The first-order valence-corrected chi connectivity index (χ1v) is 9.53. The summed E-state index contributed by atoms with van der Waals surface area (Å²) in [5.41, 5.74) is 0.279. The Morgan fingerprint density at radius 2 is 1.45 bits per heavy atom. The molecule has 0 radical (unpaired) electrons. The first-order valence-electron chi connectivity index (χ1n) is 7.92. The molecular formula is C13H27N4O4P. The van der Waals surface area contributed by atoms with Crippen molar-refractivity contribution in [2.24, 2.45) is 5.16 Å². The van der Waals surface area contributed by atoms with Crippen molar-refractivity contribution in [1.29, 1.82) is 0 Å². The Balaban J connectivity index is 2.36. The maximum atomic E-state index is 14.0. The molecule has 2 aliphatic heterocycles. The molecule has 9 heteroatoms. The molecule has 0 aliphatic carbocycles. The van der Waals surface area contributed by atoms with Gasteiger partial charge in [0.05, 0.1) is 26.4 Å². The lowest BCUT2D eigenvalue weighted by molar-refractivity contribution is 0.0537. The van der Waals surface area contributed by atoms with Crippen LogP contribution >= 0.6 is 7.44 Å². The van der Waals surface area contributed by atoms with Crippen molar-refractivity contribution in [3.63, 3.8) is 0 Å². The van der Waals surface area contributed by atoms with Crippen LogP contribution in [0.25, 0.3) is 0 Å². The largest absolute Gasteiger partial charge is 0.409 e. The summed E-state index contributed by atoms with van der Waals surface area (Å²) in [6.07, 6.45) is 0. The summed E-state index contributed by atoms with van der Waals surface area (Å²) in [5, 5.41) is 13.1. The lowest BCUT2D eigenvalue weighted by Gasteiger charge is -2.43. The smallest absolute Gasteiger partial charge is 0.283 e. The van der Waals surface area contributed by atoms with Crippen molar-refractivity contribution in [3.8, 4) is 0 Å². The van der Waals surface area contributed by atoms with Gasteiger partial charge in [-0.05, 0) is 13.8 Å². The molecule has 2 fully saturated rings. The molecule has 2 saturated heterocycles. The number of ether oxygens (including phenoxy) is 2. The van der Waals surface area contributed by atoms with Gasteiger partial charge in [-0.15, -0.1) is 0 Å². The van der Waals surface area contributed by atoms with Gasteiger partial charge in [-0.1, -0.05) is 5.16 Å². The number of hydrogen-bond acceptors (Lipinski definition) is 5. The number of rotatable bonds is 5. The van der Waals surface area contributed by atoms with Crippen LogP contribution in [0.4, 0.5) is 0 Å². The van der Waals surface area contributed by atoms with Crippen LogP contribution in [0.15, 0.2) is 5.16 Å². The highest BCUT2D eigenvalue weighted by Gasteiger charge is 2.45. The van der Waals surface area contributed by atoms with E-state index >= 15 is 0 Å². The quantitative estimate of drug-likeness (QED) is 0.263. The number of oxime groups is 1. The van der Waals surface area contributed by atoms with Crippen LogP contribution in [0.2, 0.25) is 0 Å². The first-order chi connectivity index (χ1) is 10.7. The fourth-order valence-electron chi connectivity index (χ4n) is 2.89. The van der Waals surface area contributed by atoms with Gasteiger partial charge in [0.2, 0.25) is 5.58 Å². The fourth-order valence-corrected chi connectivity index (χ4v) is 5.94. The summed E-state index contributed by atoms with van der Waals surface area (Å²) in [4.78, 5) is 1.87. The molecule has 0 spiro atoms. The van der Waals surface area contributed by atoms with Gasteiger partial charge >= 0.3 is 0 Å². The van der Waals surface area contributed by atoms with Crippen LogP contribution in [0.3, 0.4) is 0 Å². The number of hydrogen-bond donors (Lipinski definition) is 1. The van der Waals surface area contributed by atoms with Crippen LogP contribution in [-0.4, -0.2) is 90.7 Å². The average molecular weight is 334 g/mol.